The average molecular weight is 348 g/mol. The fourth-order valence-corrected chi connectivity index (χ4v) is 3.88. The Balaban J connectivity index is 1.93. The van der Waals surface area contributed by atoms with Crippen molar-refractivity contribution in [3.8, 4) is 0 Å². The molecule has 8 heteroatoms. The molecule has 0 aromatic heterocycles. The van der Waals surface area contributed by atoms with Gasteiger partial charge in [-0.1, -0.05) is 13.8 Å². The number of carbonyl (C=O) groups is 1. The molecule has 1 saturated heterocycles. The first-order chi connectivity index (χ1) is 11.3. The highest BCUT2D eigenvalue weighted by Gasteiger charge is 2.45. The molecule has 24 heavy (non-hydrogen) atoms. The van der Waals surface area contributed by atoms with Crippen molar-refractivity contribution in [1.29, 1.82) is 0 Å². The molecule has 8 nitrogen and oxygen atoms in total. The standard InChI is InChI=1S/C16H28O8/c1-7-3-4-9(11(7)15(21)22)8(2)6-23-16-14(20)13(19)12(18)10(5-17)24-16/h7-14,16-20H,3-6H2,1-2H3,(H,21,22)/t7-,8-,9+,10+,11-,12+,13-,14+,16+/m0/s1. The van der Waals surface area contributed by atoms with E-state index < -0.39 is 49.2 Å². The van der Waals surface area contributed by atoms with Crippen LogP contribution >= 0.6 is 0 Å². The molecule has 140 valence electrons. The molecule has 1 heterocycles. The van der Waals surface area contributed by atoms with Crippen LogP contribution in [0, 0.1) is 23.7 Å². The van der Waals surface area contributed by atoms with Crippen LogP contribution in [-0.4, -0.2) is 75.4 Å². The molecule has 0 amide bonds. The monoisotopic (exact) mass is 348 g/mol. The Morgan fingerprint density at radius 3 is 2.46 bits per heavy atom. The van der Waals surface area contributed by atoms with Crippen molar-refractivity contribution in [2.45, 2.75) is 57.4 Å². The van der Waals surface area contributed by atoms with E-state index in [0.29, 0.717) is 0 Å². The predicted octanol–water partition coefficient (Wildman–Crippen LogP) is -0.814. The highest BCUT2D eigenvalue weighted by Crippen LogP contribution is 2.41. The van der Waals surface area contributed by atoms with Gasteiger partial charge < -0.3 is 35.0 Å². The zero-order chi connectivity index (χ0) is 18.0. The molecule has 0 spiro atoms. The smallest absolute Gasteiger partial charge is 0.307 e. The number of ether oxygens (including phenoxy) is 2. The topological polar surface area (TPSA) is 137 Å². The van der Waals surface area contributed by atoms with E-state index >= 15 is 0 Å². The van der Waals surface area contributed by atoms with Crippen LogP contribution in [0.2, 0.25) is 0 Å². The van der Waals surface area contributed by atoms with Crippen LogP contribution in [0.1, 0.15) is 26.7 Å². The van der Waals surface area contributed by atoms with E-state index in [1.165, 1.54) is 0 Å². The van der Waals surface area contributed by atoms with Crippen LogP contribution in [0.3, 0.4) is 0 Å². The molecule has 2 fully saturated rings. The highest BCUT2D eigenvalue weighted by molar-refractivity contribution is 5.71. The highest BCUT2D eigenvalue weighted by atomic mass is 16.7. The van der Waals surface area contributed by atoms with Crippen LogP contribution in [0.25, 0.3) is 0 Å². The van der Waals surface area contributed by atoms with Gasteiger partial charge in [0.05, 0.1) is 19.1 Å². The number of aliphatic hydroxyl groups excluding tert-OH is 4. The van der Waals surface area contributed by atoms with E-state index in [-0.39, 0.29) is 24.4 Å². The molecule has 1 aliphatic carbocycles. The molecule has 0 aromatic carbocycles. The van der Waals surface area contributed by atoms with Crippen molar-refractivity contribution in [2.75, 3.05) is 13.2 Å². The van der Waals surface area contributed by atoms with Crippen molar-refractivity contribution >= 4 is 5.97 Å². The fourth-order valence-electron chi connectivity index (χ4n) is 3.88. The number of hydrogen-bond donors (Lipinski definition) is 5. The molecular formula is C16H28O8. The summed E-state index contributed by atoms with van der Waals surface area (Å²) in [6.45, 7) is 3.47. The van der Waals surface area contributed by atoms with Gasteiger partial charge in [-0.2, -0.15) is 0 Å². The predicted molar refractivity (Wildman–Crippen MR) is 81.9 cm³/mol. The minimum atomic E-state index is -1.48. The second kappa shape index (κ2) is 8.07. The number of carboxylic acids is 1. The van der Waals surface area contributed by atoms with Crippen LogP contribution in [0.15, 0.2) is 0 Å². The van der Waals surface area contributed by atoms with Gasteiger partial charge in [-0.25, -0.2) is 0 Å². The van der Waals surface area contributed by atoms with Gasteiger partial charge in [0.1, 0.15) is 24.4 Å². The van der Waals surface area contributed by atoms with Crippen LogP contribution in [0.5, 0.6) is 0 Å². The van der Waals surface area contributed by atoms with E-state index in [4.69, 9.17) is 14.6 Å². The largest absolute Gasteiger partial charge is 0.481 e. The van der Waals surface area contributed by atoms with E-state index in [2.05, 4.69) is 0 Å². The average Bonchev–Trinajstić information content (AvgIpc) is 2.93. The fraction of sp³-hybridized carbons (Fsp3) is 0.938. The molecule has 5 N–H and O–H groups in total. The SMILES string of the molecule is C[C@@H](CO[C@@H]1O[C@H](CO)[C@@H](O)[C@H](O)[C@H]1O)[C@H]1CC[C@H](C)[C@@H]1C(=O)O. The minimum absolute atomic E-state index is 0.0256. The summed E-state index contributed by atoms with van der Waals surface area (Å²) in [6.07, 6.45) is -4.87. The van der Waals surface area contributed by atoms with Crippen LogP contribution in [0.4, 0.5) is 0 Å². The van der Waals surface area contributed by atoms with Gasteiger partial charge in [-0.05, 0) is 30.6 Å². The van der Waals surface area contributed by atoms with Gasteiger partial charge in [-0.15, -0.1) is 0 Å². The molecule has 0 aromatic rings. The molecule has 0 unspecified atom stereocenters. The van der Waals surface area contributed by atoms with Gasteiger partial charge in [-0.3, -0.25) is 4.79 Å². The molecule has 0 bridgehead atoms. The maximum atomic E-state index is 11.5. The maximum Gasteiger partial charge on any atom is 0.307 e. The van der Waals surface area contributed by atoms with Crippen LogP contribution in [-0.2, 0) is 14.3 Å². The summed E-state index contributed by atoms with van der Waals surface area (Å²) < 4.78 is 10.8. The van der Waals surface area contributed by atoms with Crippen molar-refractivity contribution in [2.24, 2.45) is 23.7 Å². The van der Waals surface area contributed by atoms with Gasteiger partial charge in [0.15, 0.2) is 6.29 Å². The lowest BCUT2D eigenvalue weighted by molar-refractivity contribution is -0.303. The Hall–Kier alpha value is -0.770. The van der Waals surface area contributed by atoms with E-state index in [0.717, 1.165) is 12.8 Å². The second-order valence-electron chi connectivity index (χ2n) is 7.09. The Morgan fingerprint density at radius 2 is 1.88 bits per heavy atom. The van der Waals surface area contributed by atoms with Gasteiger partial charge in [0.25, 0.3) is 0 Å². The molecule has 1 aliphatic heterocycles. The molecule has 1 saturated carbocycles. The quantitative estimate of drug-likeness (QED) is 0.420. The number of aliphatic carboxylic acids is 1. The Kier molecular flexibility index (Phi) is 6.58. The van der Waals surface area contributed by atoms with Crippen molar-refractivity contribution < 1.29 is 39.8 Å². The third kappa shape index (κ3) is 3.89. The van der Waals surface area contributed by atoms with Crippen molar-refractivity contribution in [1.82, 2.24) is 0 Å². The van der Waals surface area contributed by atoms with Gasteiger partial charge >= 0.3 is 5.97 Å². The summed E-state index contributed by atoms with van der Waals surface area (Å²) in [6, 6.07) is 0. The van der Waals surface area contributed by atoms with E-state index in [1.54, 1.807) is 0 Å². The molecule has 2 rings (SSSR count). The lowest BCUT2D eigenvalue weighted by Crippen LogP contribution is -2.59. The third-order valence-electron chi connectivity index (χ3n) is 5.42. The molecular weight excluding hydrogens is 320 g/mol. The minimum Gasteiger partial charge on any atom is -0.481 e. The molecule has 0 radical (unpaired) electrons. The first-order valence-electron chi connectivity index (χ1n) is 8.42. The van der Waals surface area contributed by atoms with Crippen molar-refractivity contribution in [3.63, 3.8) is 0 Å². The van der Waals surface area contributed by atoms with Gasteiger partial charge in [0.2, 0.25) is 0 Å². The maximum absolute atomic E-state index is 11.5. The zero-order valence-corrected chi connectivity index (χ0v) is 14.0. The number of hydrogen-bond acceptors (Lipinski definition) is 7. The summed E-state index contributed by atoms with van der Waals surface area (Å²) in [5.41, 5.74) is 0. The number of rotatable bonds is 6. The Morgan fingerprint density at radius 1 is 1.21 bits per heavy atom. The summed E-state index contributed by atoms with van der Waals surface area (Å²) in [5, 5.41) is 48.0. The number of carboxylic acid groups (broad SMARTS) is 1. The lowest BCUT2D eigenvalue weighted by atomic mass is 9.82. The lowest BCUT2D eigenvalue weighted by Gasteiger charge is -2.40. The van der Waals surface area contributed by atoms with Gasteiger partial charge in [0, 0.05) is 0 Å². The Labute approximate surface area is 141 Å². The van der Waals surface area contributed by atoms with Crippen LogP contribution < -0.4 is 0 Å². The zero-order valence-electron chi connectivity index (χ0n) is 14.0. The summed E-state index contributed by atoms with van der Waals surface area (Å²) in [7, 11) is 0. The van der Waals surface area contributed by atoms with E-state index in [1.807, 2.05) is 13.8 Å². The Bertz CT molecular complexity index is 428. The summed E-state index contributed by atoms with van der Waals surface area (Å²) in [4.78, 5) is 11.5. The summed E-state index contributed by atoms with van der Waals surface area (Å²) in [5.74, 6) is -1.20. The first kappa shape index (κ1) is 19.6. The first-order valence-corrected chi connectivity index (χ1v) is 8.42. The normalized spacial score (nSPS) is 44.4. The summed E-state index contributed by atoms with van der Waals surface area (Å²) >= 11 is 0. The number of aliphatic hydroxyl groups is 4. The second-order valence-corrected chi connectivity index (χ2v) is 7.09. The van der Waals surface area contributed by atoms with E-state index in [9.17, 15) is 25.2 Å². The van der Waals surface area contributed by atoms with Crippen molar-refractivity contribution in [3.05, 3.63) is 0 Å². The third-order valence-corrected chi connectivity index (χ3v) is 5.42. The molecule has 9 atom stereocenters. The molecule has 2 aliphatic rings.